The summed E-state index contributed by atoms with van der Waals surface area (Å²) in [6.45, 7) is 3.94. The van der Waals surface area contributed by atoms with Crippen LogP contribution >= 0.6 is 0 Å². The minimum Gasteiger partial charge on any atom is -0.485 e. The Morgan fingerprint density at radius 1 is 1.30 bits per heavy atom. The predicted molar refractivity (Wildman–Crippen MR) is 70.5 cm³/mol. The van der Waals surface area contributed by atoms with E-state index < -0.39 is 0 Å². The molecule has 7 heteroatoms. The number of aryl methyl sites for hydroxylation is 2. The highest BCUT2D eigenvalue weighted by atomic mass is 16.5. The predicted octanol–water partition coefficient (Wildman–Crippen LogP) is 1.50. The van der Waals surface area contributed by atoms with Crippen molar-refractivity contribution in [2.75, 3.05) is 0 Å². The zero-order valence-corrected chi connectivity index (χ0v) is 11.0. The summed E-state index contributed by atoms with van der Waals surface area (Å²) in [5.74, 6) is 1.08. The first kappa shape index (κ1) is 12.3. The monoisotopic (exact) mass is 272 g/mol. The van der Waals surface area contributed by atoms with Gasteiger partial charge in [-0.1, -0.05) is 5.21 Å². The van der Waals surface area contributed by atoms with Gasteiger partial charge in [0.2, 0.25) is 5.82 Å². The van der Waals surface area contributed by atoms with Crippen molar-refractivity contribution in [3.8, 4) is 5.75 Å². The van der Waals surface area contributed by atoms with E-state index >= 15 is 0 Å². The second-order valence-corrected chi connectivity index (χ2v) is 4.50. The molecule has 2 heterocycles. The quantitative estimate of drug-likeness (QED) is 0.726. The van der Waals surface area contributed by atoms with E-state index in [-0.39, 0.29) is 12.2 Å². The molecular formula is C13H12N4O3. The molecule has 2 aromatic heterocycles. The Kier molecular flexibility index (Phi) is 2.94. The molecule has 0 fully saturated rings. The van der Waals surface area contributed by atoms with E-state index in [0.29, 0.717) is 17.2 Å². The van der Waals surface area contributed by atoms with E-state index in [1.54, 1.807) is 0 Å². The molecule has 0 bridgehead atoms. The van der Waals surface area contributed by atoms with Gasteiger partial charge in [0.25, 0.3) is 0 Å². The molecule has 1 aromatic carbocycles. The van der Waals surface area contributed by atoms with E-state index in [1.807, 2.05) is 26.0 Å². The number of aromatic amines is 1. The first-order valence-electron chi connectivity index (χ1n) is 6.04. The second kappa shape index (κ2) is 4.76. The van der Waals surface area contributed by atoms with E-state index in [1.165, 1.54) is 6.07 Å². The third kappa shape index (κ3) is 2.25. The molecule has 0 spiro atoms. The van der Waals surface area contributed by atoms with Crippen LogP contribution in [0.15, 0.2) is 27.4 Å². The lowest BCUT2D eigenvalue weighted by atomic mass is 10.1. The number of fused-ring (bicyclic) bond motifs is 1. The molecule has 3 rings (SSSR count). The molecule has 0 atom stereocenters. The summed E-state index contributed by atoms with van der Waals surface area (Å²) in [5, 5.41) is 14.3. The average molecular weight is 272 g/mol. The van der Waals surface area contributed by atoms with E-state index in [2.05, 4.69) is 20.6 Å². The highest BCUT2D eigenvalue weighted by molar-refractivity contribution is 5.87. The summed E-state index contributed by atoms with van der Waals surface area (Å²) in [7, 11) is 0. The van der Waals surface area contributed by atoms with Gasteiger partial charge in [0.1, 0.15) is 11.3 Å². The SMILES string of the molecule is Cc1cc(OCc2nn[nH]n2)c2c(C)cc(=O)oc2c1. The minimum absolute atomic E-state index is 0.188. The molecule has 0 amide bonds. The number of ether oxygens (including phenoxy) is 1. The lowest BCUT2D eigenvalue weighted by molar-refractivity contribution is 0.299. The first-order valence-corrected chi connectivity index (χ1v) is 6.04. The number of nitrogens with zero attached hydrogens (tertiary/aromatic N) is 3. The Hall–Kier alpha value is -2.70. The summed E-state index contributed by atoms with van der Waals surface area (Å²) in [5.41, 5.74) is 1.89. The number of tetrazole rings is 1. The van der Waals surface area contributed by atoms with Gasteiger partial charge < -0.3 is 9.15 Å². The molecule has 0 saturated carbocycles. The molecule has 0 saturated heterocycles. The zero-order valence-electron chi connectivity index (χ0n) is 11.0. The smallest absolute Gasteiger partial charge is 0.336 e. The Bertz CT molecular complexity index is 808. The molecule has 20 heavy (non-hydrogen) atoms. The average Bonchev–Trinajstić information content (AvgIpc) is 2.87. The Balaban J connectivity index is 2.07. The van der Waals surface area contributed by atoms with E-state index in [4.69, 9.17) is 9.15 Å². The van der Waals surface area contributed by atoms with E-state index in [9.17, 15) is 4.79 Å². The third-order valence-corrected chi connectivity index (χ3v) is 2.90. The van der Waals surface area contributed by atoms with Crippen LogP contribution in [-0.2, 0) is 6.61 Å². The van der Waals surface area contributed by atoms with Crippen molar-refractivity contribution >= 4 is 11.0 Å². The fourth-order valence-electron chi connectivity index (χ4n) is 2.08. The fraction of sp³-hybridized carbons (Fsp3) is 0.231. The van der Waals surface area contributed by atoms with Gasteiger partial charge in [-0.2, -0.15) is 5.21 Å². The molecule has 0 aliphatic carbocycles. The maximum atomic E-state index is 11.4. The van der Waals surface area contributed by atoms with Crippen molar-refractivity contribution in [2.24, 2.45) is 0 Å². The van der Waals surface area contributed by atoms with Gasteiger partial charge in [0, 0.05) is 6.07 Å². The molecule has 102 valence electrons. The summed E-state index contributed by atoms with van der Waals surface area (Å²) in [6.07, 6.45) is 0. The Labute approximate surface area is 113 Å². The summed E-state index contributed by atoms with van der Waals surface area (Å²) >= 11 is 0. The van der Waals surface area contributed by atoms with E-state index in [0.717, 1.165) is 16.5 Å². The molecule has 0 radical (unpaired) electrons. The molecule has 0 aliphatic rings. The van der Waals surface area contributed by atoms with Crippen molar-refractivity contribution in [1.29, 1.82) is 0 Å². The topological polar surface area (TPSA) is 93.9 Å². The number of hydrogen-bond acceptors (Lipinski definition) is 6. The summed E-state index contributed by atoms with van der Waals surface area (Å²) in [4.78, 5) is 11.4. The highest BCUT2D eigenvalue weighted by Gasteiger charge is 2.11. The number of H-pyrrole nitrogens is 1. The van der Waals surface area contributed by atoms with Crippen molar-refractivity contribution in [3.63, 3.8) is 0 Å². The molecular weight excluding hydrogens is 260 g/mol. The highest BCUT2D eigenvalue weighted by Crippen LogP contribution is 2.29. The lowest BCUT2D eigenvalue weighted by Crippen LogP contribution is -2.02. The summed E-state index contributed by atoms with van der Waals surface area (Å²) in [6, 6.07) is 5.14. The van der Waals surface area contributed by atoms with Crippen LogP contribution in [0.4, 0.5) is 0 Å². The zero-order chi connectivity index (χ0) is 14.1. The van der Waals surface area contributed by atoms with Gasteiger partial charge >= 0.3 is 5.63 Å². The standard InChI is InChI=1S/C13H12N4O3/c1-7-3-9(19-6-11-14-16-17-15-11)13-8(2)5-12(18)20-10(13)4-7/h3-5H,6H2,1-2H3,(H,14,15,16,17). The fourth-order valence-corrected chi connectivity index (χ4v) is 2.08. The van der Waals surface area contributed by atoms with Crippen molar-refractivity contribution < 1.29 is 9.15 Å². The number of rotatable bonds is 3. The number of hydrogen-bond donors (Lipinski definition) is 1. The van der Waals surface area contributed by atoms with Crippen LogP contribution in [0.25, 0.3) is 11.0 Å². The normalized spacial score (nSPS) is 10.9. The van der Waals surface area contributed by atoms with Crippen LogP contribution in [0, 0.1) is 13.8 Å². The molecule has 1 N–H and O–H groups in total. The third-order valence-electron chi connectivity index (χ3n) is 2.90. The van der Waals surface area contributed by atoms with Crippen LogP contribution in [0.1, 0.15) is 17.0 Å². The number of aromatic nitrogens is 4. The largest absolute Gasteiger partial charge is 0.485 e. The van der Waals surface area contributed by atoms with Gasteiger partial charge in [-0.15, -0.1) is 10.2 Å². The molecule has 7 nitrogen and oxygen atoms in total. The van der Waals surface area contributed by atoms with Gasteiger partial charge in [-0.05, 0) is 37.1 Å². The van der Waals surface area contributed by atoms with Gasteiger partial charge in [-0.3, -0.25) is 0 Å². The lowest BCUT2D eigenvalue weighted by Gasteiger charge is -2.10. The Morgan fingerprint density at radius 3 is 2.90 bits per heavy atom. The maximum absolute atomic E-state index is 11.4. The Morgan fingerprint density at radius 2 is 2.15 bits per heavy atom. The van der Waals surface area contributed by atoms with Gasteiger partial charge in [0.05, 0.1) is 5.39 Å². The summed E-state index contributed by atoms with van der Waals surface area (Å²) < 4.78 is 10.9. The second-order valence-electron chi connectivity index (χ2n) is 4.50. The number of nitrogens with one attached hydrogen (secondary N) is 1. The van der Waals surface area contributed by atoms with Gasteiger partial charge in [0.15, 0.2) is 6.61 Å². The van der Waals surface area contributed by atoms with Crippen molar-refractivity contribution in [1.82, 2.24) is 20.6 Å². The maximum Gasteiger partial charge on any atom is 0.336 e. The van der Waals surface area contributed by atoms with Crippen molar-refractivity contribution in [3.05, 3.63) is 45.6 Å². The molecule has 0 unspecified atom stereocenters. The van der Waals surface area contributed by atoms with Gasteiger partial charge in [-0.25, -0.2) is 4.79 Å². The van der Waals surface area contributed by atoms with Crippen LogP contribution in [-0.4, -0.2) is 20.6 Å². The molecule has 3 aromatic rings. The number of benzene rings is 1. The minimum atomic E-state index is -0.371. The molecule has 0 aliphatic heterocycles. The van der Waals surface area contributed by atoms with Crippen LogP contribution in [0.2, 0.25) is 0 Å². The van der Waals surface area contributed by atoms with Crippen LogP contribution in [0.3, 0.4) is 0 Å². The first-order chi connectivity index (χ1) is 9.63. The van der Waals surface area contributed by atoms with Crippen molar-refractivity contribution in [2.45, 2.75) is 20.5 Å². The van der Waals surface area contributed by atoms with Crippen LogP contribution < -0.4 is 10.4 Å². The van der Waals surface area contributed by atoms with Crippen LogP contribution in [0.5, 0.6) is 5.75 Å².